The molecule has 0 spiro atoms. The van der Waals surface area contributed by atoms with Crippen molar-refractivity contribution in [2.75, 3.05) is 13.1 Å². The number of hydrogen-bond donors (Lipinski definition) is 1. The van der Waals surface area contributed by atoms with Crippen LogP contribution in [0.2, 0.25) is 0 Å². The lowest BCUT2D eigenvalue weighted by Crippen LogP contribution is -2.23. The molecule has 0 radical (unpaired) electrons. The summed E-state index contributed by atoms with van der Waals surface area (Å²) in [7, 11) is 0. The predicted octanol–water partition coefficient (Wildman–Crippen LogP) is 6.59. The Morgan fingerprint density at radius 3 is 2.58 bits per heavy atom. The summed E-state index contributed by atoms with van der Waals surface area (Å²) in [5.74, 6) is 1.11. The summed E-state index contributed by atoms with van der Waals surface area (Å²) in [6.45, 7) is 21.7. The van der Waals surface area contributed by atoms with Crippen molar-refractivity contribution >= 4 is 11.4 Å². The summed E-state index contributed by atoms with van der Waals surface area (Å²) in [6.07, 6.45) is 4.83. The van der Waals surface area contributed by atoms with Gasteiger partial charge in [-0.3, -0.25) is 4.99 Å². The normalized spacial score (nSPS) is 15.4. The Hall–Kier alpha value is -3.09. The van der Waals surface area contributed by atoms with Crippen molar-refractivity contribution in [3.05, 3.63) is 105 Å². The number of allylic oxidation sites excluding steroid dienone is 4. The highest BCUT2D eigenvalue weighted by Gasteiger charge is 2.25. The molecular weight excluding hydrogens is 400 g/mol. The van der Waals surface area contributed by atoms with Gasteiger partial charge in [-0.2, -0.15) is 0 Å². The van der Waals surface area contributed by atoms with Gasteiger partial charge in [-0.15, -0.1) is 5.73 Å². The van der Waals surface area contributed by atoms with Crippen LogP contribution < -0.4 is 5.32 Å². The zero-order valence-electron chi connectivity index (χ0n) is 20.9. The Labute approximate surface area is 199 Å². The van der Waals surface area contributed by atoms with E-state index in [1.165, 1.54) is 50.1 Å². The van der Waals surface area contributed by atoms with Crippen molar-refractivity contribution in [1.29, 1.82) is 0 Å². The first-order valence-electron chi connectivity index (χ1n) is 12.0. The van der Waals surface area contributed by atoms with Crippen LogP contribution in [0.15, 0.2) is 71.4 Å². The molecule has 2 heteroatoms. The Morgan fingerprint density at radius 1 is 1.15 bits per heavy atom. The van der Waals surface area contributed by atoms with Crippen LogP contribution in [0.25, 0.3) is 5.57 Å². The molecule has 1 N–H and O–H groups in total. The van der Waals surface area contributed by atoms with Gasteiger partial charge in [0.2, 0.25) is 0 Å². The lowest BCUT2D eigenvalue weighted by Gasteiger charge is -2.29. The molecule has 33 heavy (non-hydrogen) atoms. The zero-order valence-corrected chi connectivity index (χ0v) is 20.9. The van der Waals surface area contributed by atoms with E-state index in [-0.39, 0.29) is 5.41 Å². The fourth-order valence-electron chi connectivity index (χ4n) is 5.16. The first kappa shape index (κ1) is 23.1. The maximum atomic E-state index is 4.65. The summed E-state index contributed by atoms with van der Waals surface area (Å²) in [5, 5.41) is 3.45. The minimum absolute atomic E-state index is 0.0515. The van der Waals surface area contributed by atoms with Crippen LogP contribution in [0, 0.1) is 13.8 Å². The lowest BCUT2D eigenvalue weighted by molar-refractivity contribution is 0.582. The third kappa shape index (κ3) is 4.68. The van der Waals surface area contributed by atoms with E-state index in [9.17, 15) is 0 Å². The summed E-state index contributed by atoms with van der Waals surface area (Å²) >= 11 is 0. The van der Waals surface area contributed by atoms with Gasteiger partial charge in [0.15, 0.2) is 0 Å². The van der Waals surface area contributed by atoms with E-state index in [2.05, 4.69) is 100 Å². The SMILES string of the molecule is C=C=C(Cc1c(C(C)(C)C)cc(C)c(CC2=NCCN2)c1C)C1=CC(=C)c2ccccc2C1. The van der Waals surface area contributed by atoms with Gasteiger partial charge >= 0.3 is 0 Å². The first-order valence-corrected chi connectivity index (χ1v) is 12.0. The molecule has 2 aromatic carbocycles. The van der Waals surface area contributed by atoms with Gasteiger partial charge in [-0.25, -0.2) is 0 Å². The molecule has 4 rings (SSSR count). The molecule has 2 aromatic rings. The van der Waals surface area contributed by atoms with Crippen molar-refractivity contribution in [2.24, 2.45) is 4.99 Å². The average Bonchev–Trinajstić information content (AvgIpc) is 3.28. The van der Waals surface area contributed by atoms with Crippen molar-refractivity contribution in [1.82, 2.24) is 5.32 Å². The minimum Gasteiger partial charge on any atom is -0.372 e. The van der Waals surface area contributed by atoms with Gasteiger partial charge in [-0.05, 0) is 75.8 Å². The molecule has 0 unspecified atom stereocenters. The largest absolute Gasteiger partial charge is 0.372 e. The highest BCUT2D eigenvalue weighted by atomic mass is 15.1. The molecule has 0 aromatic heterocycles. The second kappa shape index (κ2) is 9.04. The van der Waals surface area contributed by atoms with Gasteiger partial charge in [0, 0.05) is 25.0 Å². The second-order valence-corrected chi connectivity index (χ2v) is 10.4. The zero-order chi connectivity index (χ0) is 23.8. The maximum Gasteiger partial charge on any atom is 0.101 e. The van der Waals surface area contributed by atoms with Crippen LogP contribution in [-0.2, 0) is 24.7 Å². The van der Waals surface area contributed by atoms with Gasteiger partial charge in [-0.1, -0.05) is 70.3 Å². The van der Waals surface area contributed by atoms with Crippen LogP contribution in [0.3, 0.4) is 0 Å². The van der Waals surface area contributed by atoms with E-state index in [1.54, 1.807) is 0 Å². The van der Waals surface area contributed by atoms with Crippen molar-refractivity contribution in [3.8, 4) is 0 Å². The van der Waals surface area contributed by atoms with E-state index in [0.717, 1.165) is 43.8 Å². The molecule has 0 atom stereocenters. The number of nitrogens with zero attached hydrogens (tertiary/aromatic N) is 1. The minimum atomic E-state index is 0.0515. The highest BCUT2D eigenvalue weighted by Crippen LogP contribution is 2.37. The number of fused-ring (bicyclic) bond motifs is 1. The Morgan fingerprint density at radius 2 is 1.91 bits per heavy atom. The van der Waals surface area contributed by atoms with E-state index < -0.39 is 0 Å². The number of aliphatic imine (C=N–C) groups is 1. The van der Waals surface area contributed by atoms with E-state index >= 15 is 0 Å². The third-order valence-corrected chi connectivity index (χ3v) is 7.01. The van der Waals surface area contributed by atoms with Crippen LogP contribution >= 0.6 is 0 Å². The van der Waals surface area contributed by atoms with Crippen molar-refractivity contribution in [3.63, 3.8) is 0 Å². The summed E-state index contributed by atoms with van der Waals surface area (Å²) in [6, 6.07) is 11.0. The van der Waals surface area contributed by atoms with Crippen LogP contribution in [0.1, 0.15) is 59.7 Å². The first-order chi connectivity index (χ1) is 15.7. The average molecular weight is 437 g/mol. The molecule has 0 fully saturated rings. The molecule has 0 bridgehead atoms. The maximum absolute atomic E-state index is 4.65. The Kier molecular flexibility index (Phi) is 6.32. The number of aryl methyl sites for hydroxylation is 1. The van der Waals surface area contributed by atoms with E-state index in [4.69, 9.17) is 0 Å². The van der Waals surface area contributed by atoms with Crippen LogP contribution in [0.4, 0.5) is 0 Å². The van der Waals surface area contributed by atoms with Gasteiger partial charge in [0.1, 0.15) is 5.84 Å². The molecule has 0 saturated carbocycles. The molecule has 170 valence electrons. The number of nitrogens with one attached hydrogen (secondary N) is 1. The Bertz CT molecular complexity index is 1220. The smallest absolute Gasteiger partial charge is 0.101 e. The molecule has 0 amide bonds. The molecule has 1 aliphatic heterocycles. The van der Waals surface area contributed by atoms with Crippen molar-refractivity contribution in [2.45, 2.75) is 59.3 Å². The highest BCUT2D eigenvalue weighted by molar-refractivity contribution is 5.86. The Balaban J connectivity index is 1.75. The second-order valence-electron chi connectivity index (χ2n) is 10.4. The molecule has 0 saturated heterocycles. The lowest BCUT2D eigenvalue weighted by atomic mass is 9.76. The monoisotopic (exact) mass is 436 g/mol. The topological polar surface area (TPSA) is 24.4 Å². The van der Waals surface area contributed by atoms with Crippen molar-refractivity contribution < 1.29 is 0 Å². The fraction of sp³-hybridized carbons (Fsp3) is 0.355. The van der Waals surface area contributed by atoms with Gasteiger partial charge in [0.05, 0.1) is 6.54 Å². The molecule has 2 aliphatic rings. The quantitative estimate of drug-likeness (QED) is 0.525. The number of rotatable bonds is 5. The number of amidine groups is 1. The molecular formula is C31H36N2. The van der Waals surface area contributed by atoms with Gasteiger partial charge < -0.3 is 5.32 Å². The number of hydrogen-bond acceptors (Lipinski definition) is 2. The predicted molar refractivity (Wildman–Crippen MR) is 142 cm³/mol. The van der Waals surface area contributed by atoms with E-state index in [1.807, 2.05) is 0 Å². The standard InChI is InChI=1S/C31H36N2/c1-8-23(25-15-20(2)26-12-10-9-11-24(26)17-25)18-28-22(4)27(19-30-32-13-14-33-30)21(3)16-29(28)31(5,6)7/h9-12,15-16H,1-2,13-14,17-19H2,3-7H3,(H,32,33). The van der Waals surface area contributed by atoms with Gasteiger partial charge in [0.25, 0.3) is 0 Å². The molecule has 2 nitrogen and oxygen atoms in total. The third-order valence-electron chi connectivity index (χ3n) is 7.01. The van der Waals surface area contributed by atoms with Crippen LogP contribution in [0.5, 0.6) is 0 Å². The van der Waals surface area contributed by atoms with E-state index in [0.29, 0.717) is 0 Å². The van der Waals surface area contributed by atoms with Crippen LogP contribution in [-0.4, -0.2) is 18.9 Å². The molecule has 1 heterocycles. The molecule has 1 aliphatic carbocycles. The summed E-state index contributed by atoms with van der Waals surface area (Å²) in [5.41, 5.74) is 16.4. The number of benzene rings is 2. The fourth-order valence-corrected chi connectivity index (χ4v) is 5.16. The summed E-state index contributed by atoms with van der Waals surface area (Å²) in [4.78, 5) is 4.65. The summed E-state index contributed by atoms with van der Waals surface area (Å²) < 4.78 is 0.